The molecule has 1 unspecified atom stereocenters. The Morgan fingerprint density at radius 2 is 2.12 bits per heavy atom. The third kappa shape index (κ3) is 3.92. The van der Waals surface area contributed by atoms with E-state index in [1.807, 2.05) is 24.3 Å². The number of benzene rings is 1. The molecule has 1 atom stereocenters. The molecule has 1 aliphatic rings. The minimum Gasteiger partial charge on any atom is -0.383 e. The van der Waals surface area contributed by atoms with Gasteiger partial charge in [0.05, 0.1) is 12.5 Å². The van der Waals surface area contributed by atoms with Gasteiger partial charge in [0.25, 0.3) is 0 Å². The molecule has 3 rings (SSSR count). The van der Waals surface area contributed by atoms with Gasteiger partial charge in [-0.25, -0.2) is 0 Å². The van der Waals surface area contributed by atoms with Crippen LogP contribution in [0.3, 0.4) is 0 Å². The smallest absolute Gasteiger partial charge is 0.232 e. The molecular formula is C16H21ClN4O3. The van der Waals surface area contributed by atoms with Crippen molar-refractivity contribution in [3.05, 3.63) is 35.7 Å². The summed E-state index contributed by atoms with van der Waals surface area (Å²) in [5.74, 6) is 1.09. The lowest BCUT2D eigenvalue weighted by Gasteiger charge is -2.14. The molecule has 1 aliphatic heterocycles. The maximum Gasteiger partial charge on any atom is 0.232 e. The Balaban J connectivity index is 0.00000208. The quantitative estimate of drug-likeness (QED) is 0.848. The van der Waals surface area contributed by atoms with E-state index < -0.39 is 0 Å². The number of aromatic nitrogens is 2. The molecule has 0 bridgehead atoms. The molecule has 24 heavy (non-hydrogen) atoms. The van der Waals surface area contributed by atoms with Crippen molar-refractivity contribution in [2.45, 2.75) is 18.9 Å². The topological polar surface area (TPSA) is 94.5 Å². The average Bonchev–Trinajstić information content (AvgIpc) is 3.20. The zero-order valence-corrected chi connectivity index (χ0v) is 14.3. The molecule has 0 spiro atoms. The summed E-state index contributed by atoms with van der Waals surface area (Å²) in [5.41, 5.74) is 7.51. The molecule has 8 heteroatoms. The fourth-order valence-corrected chi connectivity index (χ4v) is 2.66. The first-order valence-corrected chi connectivity index (χ1v) is 7.61. The van der Waals surface area contributed by atoms with Gasteiger partial charge in [0.1, 0.15) is 0 Å². The van der Waals surface area contributed by atoms with Crippen molar-refractivity contribution >= 4 is 18.3 Å². The number of likely N-dealkylation sites (tertiary alicyclic amines) is 1. The average molecular weight is 353 g/mol. The Bertz CT molecular complexity index is 674. The number of hydrogen-bond acceptors (Lipinski definition) is 6. The molecule has 0 radical (unpaired) electrons. The highest BCUT2D eigenvalue weighted by molar-refractivity contribution is 5.85. The summed E-state index contributed by atoms with van der Waals surface area (Å²) < 4.78 is 10.4. The lowest BCUT2D eigenvalue weighted by Crippen LogP contribution is -2.28. The second-order valence-corrected chi connectivity index (χ2v) is 5.59. The molecular weight excluding hydrogens is 332 g/mol. The second-order valence-electron chi connectivity index (χ2n) is 5.59. The van der Waals surface area contributed by atoms with Gasteiger partial charge in [-0.05, 0) is 5.56 Å². The van der Waals surface area contributed by atoms with E-state index in [1.54, 1.807) is 12.0 Å². The van der Waals surface area contributed by atoms with Crippen molar-refractivity contribution < 1.29 is 14.1 Å². The number of methoxy groups -OCH3 is 1. The van der Waals surface area contributed by atoms with Crippen molar-refractivity contribution in [1.82, 2.24) is 15.0 Å². The number of hydrogen-bond donors (Lipinski definition) is 1. The summed E-state index contributed by atoms with van der Waals surface area (Å²) >= 11 is 0. The zero-order valence-electron chi connectivity index (χ0n) is 13.5. The van der Waals surface area contributed by atoms with E-state index in [0.29, 0.717) is 44.4 Å². The number of carbonyl (C=O) groups excluding carboxylic acids is 1. The summed E-state index contributed by atoms with van der Waals surface area (Å²) in [4.78, 5) is 18.2. The first-order chi connectivity index (χ1) is 11.2. The van der Waals surface area contributed by atoms with Gasteiger partial charge in [-0.15, -0.1) is 12.4 Å². The molecule has 130 valence electrons. The number of carbonyl (C=O) groups is 1. The van der Waals surface area contributed by atoms with Crippen molar-refractivity contribution in [2.24, 2.45) is 5.73 Å². The minimum absolute atomic E-state index is 0. The second kappa shape index (κ2) is 8.23. The van der Waals surface area contributed by atoms with Crippen LogP contribution in [0.4, 0.5) is 0 Å². The van der Waals surface area contributed by atoms with E-state index in [4.69, 9.17) is 15.0 Å². The number of nitrogens with two attached hydrogens (primary N) is 1. The fourth-order valence-electron chi connectivity index (χ4n) is 2.66. The number of rotatable bonds is 6. The normalized spacial score (nSPS) is 17.2. The Hall–Kier alpha value is -1.96. The Morgan fingerprint density at radius 3 is 2.79 bits per heavy atom. The highest BCUT2D eigenvalue weighted by atomic mass is 35.5. The van der Waals surface area contributed by atoms with Crippen LogP contribution in [0.15, 0.2) is 28.8 Å². The lowest BCUT2D eigenvalue weighted by atomic mass is 10.1. The monoisotopic (exact) mass is 352 g/mol. The van der Waals surface area contributed by atoms with E-state index in [1.165, 1.54) is 0 Å². The van der Waals surface area contributed by atoms with E-state index in [9.17, 15) is 4.79 Å². The molecule has 0 saturated carbocycles. The number of ether oxygens (including phenoxy) is 1. The molecule has 1 fully saturated rings. The van der Waals surface area contributed by atoms with Crippen LogP contribution in [-0.4, -0.2) is 47.8 Å². The number of nitrogens with zero attached hydrogens (tertiary/aromatic N) is 3. The van der Waals surface area contributed by atoms with E-state index in [0.717, 1.165) is 11.1 Å². The van der Waals surface area contributed by atoms with Crippen LogP contribution in [0.25, 0.3) is 11.4 Å². The summed E-state index contributed by atoms with van der Waals surface area (Å²) in [5, 5.41) is 4.03. The number of halogens is 1. The van der Waals surface area contributed by atoms with Crippen molar-refractivity contribution in [3.63, 3.8) is 0 Å². The van der Waals surface area contributed by atoms with Crippen LogP contribution in [0, 0.1) is 0 Å². The first-order valence-electron chi connectivity index (χ1n) is 7.61. The molecule has 7 nitrogen and oxygen atoms in total. The van der Waals surface area contributed by atoms with Gasteiger partial charge in [-0.1, -0.05) is 29.4 Å². The Labute approximate surface area is 146 Å². The summed E-state index contributed by atoms with van der Waals surface area (Å²) in [6.45, 7) is 2.21. The molecule has 1 saturated heterocycles. The van der Waals surface area contributed by atoms with E-state index in [-0.39, 0.29) is 24.2 Å². The molecule has 2 aromatic rings. The molecule has 2 N–H and O–H groups in total. The minimum atomic E-state index is -0.0519. The maximum absolute atomic E-state index is 12.0. The van der Waals surface area contributed by atoms with Crippen molar-refractivity contribution in [1.29, 1.82) is 0 Å². The molecule has 1 amide bonds. The van der Waals surface area contributed by atoms with Gasteiger partial charge in [0.15, 0.2) is 0 Å². The van der Waals surface area contributed by atoms with Gasteiger partial charge in [0.2, 0.25) is 17.6 Å². The maximum atomic E-state index is 12.0. The SMILES string of the molecule is COCCN1CC(c2nc(-c3ccc(CN)cc3)no2)CC1=O.Cl. The number of amides is 1. The summed E-state index contributed by atoms with van der Waals surface area (Å²) in [6, 6.07) is 7.72. The lowest BCUT2D eigenvalue weighted by molar-refractivity contribution is -0.128. The molecule has 0 aliphatic carbocycles. The van der Waals surface area contributed by atoms with Crippen LogP contribution < -0.4 is 5.73 Å². The van der Waals surface area contributed by atoms with E-state index >= 15 is 0 Å². The first kappa shape index (κ1) is 18.4. The highest BCUT2D eigenvalue weighted by Gasteiger charge is 2.34. The van der Waals surface area contributed by atoms with Crippen LogP contribution in [0.2, 0.25) is 0 Å². The third-order valence-electron chi connectivity index (χ3n) is 4.02. The van der Waals surface area contributed by atoms with Gasteiger partial charge < -0.3 is 19.9 Å². The van der Waals surface area contributed by atoms with Crippen LogP contribution in [0.1, 0.15) is 23.8 Å². The van der Waals surface area contributed by atoms with Gasteiger partial charge >= 0.3 is 0 Å². The zero-order chi connectivity index (χ0) is 16.2. The van der Waals surface area contributed by atoms with Crippen LogP contribution >= 0.6 is 12.4 Å². The standard InChI is InChI=1S/C16H20N4O3.ClH/c1-22-7-6-20-10-13(8-14(20)21)16-18-15(19-23-16)12-4-2-11(9-17)3-5-12;/h2-5,13H,6-10,17H2,1H3;1H. The predicted octanol–water partition coefficient (Wildman–Crippen LogP) is 1.58. The molecule has 1 aromatic heterocycles. The van der Waals surface area contributed by atoms with Crippen LogP contribution in [0.5, 0.6) is 0 Å². The third-order valence-corrected chi connectivity index (χ3v) is 4.02. The molecule has 1 aromatic carbocycles. The van der Waals surface area contributed by atoms with Crippen molar-refractivity contribution in [3.8, 4) is 11.4 Å². The van der Waals surface area contributed by atoms with Gasteiger partial charge in [-0.2, -0.15) is 4.98 Å². The van der Waals surface area contributed by atoms with Crippen molar-refractivity contribution in [2.75, 3.05) is 26.8 Å². The van der Waals surface area contributed by atoms with Gasteiger partial charge in [-0.3, -0.25) is 4.79 Å². The largest absolute Gasteiger partial charge is 0.383 e. The Kier molecular flexibility index (Phi) is 6.30. The Morgan fingerprint density at radius 1 is 1.38 bits per heavy atom. The predicted molar refractivity (Wildman–Crippen MR) is 90.7 cm³/mol. The van der Waals surface area contributed by atoms with E-state index in [2.05, 4.69) is 10.1 Å². The van der Waals surface area contributed by atoms with Crippen LogP contribution in [-0.2, 0) is 16.1 Å². The summed E-state index contributed by atoms with van der Waals surface area (Å²) in [7, 11) is 1.62. The highest BCUT2D eigenvalue weighted by Crippen LogP contribution is 2.28. The molecule has 2 heterocycles. The summed E-state index contributed by atoms with van der Waals surface area (Å²) in [6.07, 6.45) is 0.400. The van der Waals surface area contributed by atoms with Gasteiger partial charge in [0, 0.05) is 38.7 Å². The fraction of sp³-hybridized carbons (Fsp3) is 0.438.